The van der Waals surface area contributed by atoms with E-state index in [1.807, 2.05) is 37.4 Å². The molecular weight excluding hydrogens is 541 g/mol. The molecule has 3 aliphatic rings. The predicted molar refractivity (Wildman–Crippen MR) is 155 cm³/mol. The largest absolute Gasteiger partial charge is 0.497 e. The van der Waals surface area contributed by atoms with Crippen LogP contribution in [0.25, 0.3) is 6.08 Å². The molecule has 3 heterocycles. The minimum Gasteiger partial charge on any atom is -0.497 e. The second-order valence-electron chi connectivity index (χ2n) is 11.8. The highest BCUT2D eigenvalue weighted by Gasteiger charge is 2.41. The molecule has 2 fully saturated rings. The van der Waals surface area contributed by atoms with E-state index >= 15 is 0 Å². The smallest absolute Gasteiger partial charge is 0.243 e. The number of aromatic nitrogens is 3. The number of methoxy groups -OCH3 is 1. The first kappa shape index (κ1) is 30.1. The second kappa shape index (κ2) is 13.3. The van der Waals surface area contributed by atoms with E-state index in [0.29, 0.717) is 38.9 Å². The summed E-state index contributed by atoms with van der Waals surface area (Å²) < 4.78 is 20.6. The van der Waals surface area contributed by atoms with E-state index in [-0.39, 0.29) is 37.1 Å². The molecule has 2 amide bonds. The lowest BCUT2D eigenvalue weighted by Crippen LogP contribution is -2.51. The molecule has 5 rings (SSSR count). The topological polar surface area (TPSA) is 139 Å². The summed E-state index contributed by atoms with van der Waals surface area (Å²) in [5, 5.41) is 21.8. The summed E-state index contributed by atoms with van der Waals surface area (Å²) in [6.07, 6.45) is 3.95. The van der Waals surface area contributed by atoms with Gasteiger partial charge in [-0.25, -0.2) is 4.39 Å². The van der Waals surface area contributed by atoms with Crippen LogP contribution in [-0.4, -0.2) is 99.5 Å². The van der Waals surface area contributed by atoms with Crippen LogP contribution in [0.5, 0.6) is 5.75 Å². The molecule has 5 atom stereocenters. The van der Waals surface area contributed by atoms with E-state index in [2.05, 4.69) is 15.6 Å². The molecule has 11 nitrogen and oxygen atoms in total. The number of nitrogens with two attached hydrogens (primary N) is 1. The number of ether oxygens (including phenoxy) is 1. The molecule has 0 saturated carbocycles. The average Bonchev–Trinajstić information content (AvgIpc) is 3.73. The Kier molecular flexibility index (Phi) is 9.54. The number of halogens is 1. The maximum absolute atomic E-state index is 13.6. The molecule has 4 N–H and O–H groups in total. The Morgan fingerprint density at radius 2 is 2.00 bits per heavy atom. The van der Waals surface area contributed by atoms with Crippen molar-refractivity contribution in [3.63, 3.8) is 0 Å². The summed E-state index contributed by atoms with van der Waals surface area (Å²) in [6.45, 7) is 1.47. The molecule has 228 valence electrons. The molecule has 0 spiro atoms. The third kappa shape index (κ3) is 6.99. The summed E-state index contributed by atoms with van der Waals surface area (Å²) in [5.74, 6) is 0.349. The molecule has 2 aliphatic heterocycles. The summed E-state index contributed by atoms with van der Waals surface area (Å²) in [6, 6.07) is 6.31. The number of nitrogens with zero attached hydrogens (tertiary/aromatic N) is 5. The lowest BCUT2D eigenvalue weighted by Gasteiger charge is -2.28. The van der Waals surface area contributed by atoms with E-state index in [9.17, 15) is 19.1 Å². The van der Waals surface area contributed by atoms with Crippen LogP contribution in [0.2, 0.25) is 0 Å². The SMILES string of the molecule is COc1ccc(CC2CC(C(=O)NCC3=Cc4nnn(C)c4CC3)N(C(=O)C(N)CCC(O)N3CCC(F)C3)C2)cc1. The third-order valence-corrected chi connectivity index (χ3v) is 8.78. The lowest BCUT2D eigenvalue weighted by molar-refractivity contribution is -0.139. The van der Waals surface area contributed by atoms with Crippen molar-refractivity contribution in [2.24, 2.45) is 18.7 Å². The Bertz CT molecular complexity index is 1280. The van der Waals surface area contributed by atoms with Crippen LogP contribution < -0.4 is 15.8 Å². The fourth-order valence-corrected chi connectivity index (χ4v) is 6.32. The van der Waals surface area contributed by atoms with E-state index in [1.165, 1.54) is 0 Å². The van der Waals surface area contributed by atoms with Crippen molar-refractivity contribution < 1.29 is 23.8 Å². The Labute approximate surface area is 245 Å². The summed E-state index contributed by atoms with van der Waals surface area (Å²) in [4.78, 5) is 30.4. The highest BCUT2D eigenvalue weighted by molar-refractivity contribution is 5.90. The van der Waals surface area contributed by atoms with Crippen LogP contribution in [-0.2, 0) is 29.5 Å². The van der Waals surface area contributed by atoms with Crippen LogP contribution in [0.1, 0.15) is 49.1 Å². The standard InChI is InChI=1S/C30H42FN7O4/c1-36-26-9-5-20(14-25(26)34-35-36)16-33-29(40)27-15-21(13-19-3-6-23(42-2)7-4-19)17-38(27)30(41)24(32)8-10-28(39)37-12-11-22(31)18-37/h3-4,6-7,14,21-22,24,27-28,39H,5,8-13,15-18,32H2,1-2H3,(H,33,40). The molecule has 0 radical (unpaired) electrons. The summed E-state index contributed by atoms with van der Waals surface area (Å²) in [5.41, 5.74) is 10.4. The molecule has 2 saturated heterocycles. The number of hydrogen-bond donors (Lipinski definition) is 3. The lowest BCUT2D eigenvalue weighted by atomic mass is 9.96. The number of alkyl halides is 1. The molecule has 42 heavy (non-hydrogen) atoms. The monoisotopic (exact) mass is 583 g/mol. The van der Waals surface area contributed by atoms with Gasteiger partial charge >= 0.3 is 0 Å². The van der Waals surface area contributed by atoms with E-state index in [4.69, 9.17) is 10.5 Å². The average molecular weight is 584 g/mol. The number of aryl methyl sites for hydroxylation is 1. The minimum absolute atomic E-state index is 0.0815. The molecular formula is C30H42FN7O4. The molecule has 1 aromatic heterocycles. The number of rotatable bonds is 11. The Balaban J connectivity index is 1.23. The molecule has 12 heteroatoms. The van der Waals surface area contributed by atoms with Crippen molar-refractivity contribution >= 4 is 17.9 Å². The van der Waals surface area contributed by atoms with Crippen molar-refractivity contribution in [1.82, 2.24) is 30.1 Å². The van der Waals surface area contributed by atoms with Crippen LogP contribution in [0.15, 0.2) is 29.8 Å². The van der Waals surface area contributed by atoms with Crippen LogP contribution >= 0.6 is 0 Å². The zero-order valence-electron chi connectivity index (χ0n) is 24.4. The minimum atomic E-state index is -0.937. The predicted octanol–water partition coefficient (Wildman–Crippen LogP) is 1.20. The van der Waals surface area contributed by atoms with Gasteiger partial charge in [-0.1, -0.05) is 17.3 Å². The van der Waals surface area contributed by atoms with Crippen molar-refractivity contribution in [2.75, 3.05) is 33.3 Å². The zero-order valence-corrected chi connectivity index (χ0v) is 24.4. The van der Waals surface area contributed by atoms with Gasteiger partial charge in [0.15, 0.2) is 0 Å². The number of carbonyl (C=O) groups excluding carboxylic acids is 2. The molecule has 1 aromatic carbocycles. The van der Waals surface area contributed by atoms with Crippen molar-refractivity contribution in [3.8, 4) is 5.75 Å². The van der Waals surface area contributed by atoms with Crippen molar-refractivity contribution in [1.29, 1.82) is 0 Å². The van der Waals surface area contributed by atoms with Gasteiger partial charge in [0.2, 0.25) is 11.8 Å². The summed E-state index contributed by atoms with van der Waals surface area (Å²) >= 11 is 0. The van der Waals surface area contributed by atoms with Crippen molar-refractivity contribution in [2.45, 2.75) is 69.4 Å². The number of benzene rings is 1. The van der Waals surface area contributed by atoms with E-state index in [1.54, 1.807) is 21.6 Å². The van der Waals surface area contributed by atoms with Crippen molar-refractivity contribution in [3.05, 3.63) is 46.8 Å². The van der Waals surface area contributed by atoms with Gasteiger partial charge in [0.05, 0.1) is 18.8 Å². The van der Waals surface area contributed by atoms with Gasteiger partial charge in [-0.15, -0.1) is 5.10 Å². The van der Waals surface area contributed by atoms with Crippen LogP contribution in [0, 0.1) is 5.92 Å². The quantitative estimate of drug-likeness (QED) is 0.359. The summed E-state index contributed by atoms with van der Waals surface area (Å²) in [7, 11) is 3.50. The number of carbonyl (C=O) groups is 2. The number of aliphatic hydroxyl groups is 1. The van der Waals surface area contributed by atoms with Gasteiger partial charge < -0.3 is 25.8 Å². The zero-order chi connectivity index (χ0) is 29.8. The van der Waals surface area contributed by atoms with Gasteiger partial charge in [-0.3, -0.25) is 19.2 Å². The van der Waals surface area contributed by atoms with Gasteiger partial charge in [0, 0.05) is 33.2 Å². The fourth-order valence-electron chi connectivity index (χ4n) is 6.32. The van der Waals surface area contributed by atoms with Gasteiger partial charge in [-0.05, 0) is 80.2 Å². The fraction of sp³-hybridized carbons (Fsp3) is 0.600. The maximum atomic E-state index is 13.6. The maximum Gasteiger partial charge on any atom is 0.243 e. The number of likely N-dealkylation sites (tertiary alicyclic amines) is 2. The van der Waals surface area contributed by atoms with E-state index in [0.717, 1.165) is 41.1 Å². The normalized spacial score (nSPS) is 23.8. The van der Waals surface area contributed by atoms with Crippen LogP contribution in [0.3, 0.4) is 0 Å². The highest BCUT2D eigenvalue weighted by atomic mass is 19.1. The first-order chi connectivity index (χ1) is 20.2. The first-order valence-electron chi connectivity index (χ1n) is 14.8. The molecule has 0 bridgehead atoms. The van der Waals surface area contributed by atoms with Gasteiger partial charge in [0.1, 0.15) is 29.9 Å². The van der Waals surface area contributed by atoms with E-state index < -0.39 is 24.5 Å². The number of amides is 2. The van der Waals surface area contributed by atoms with Gasteiger partial charge in [0.25, 0.3) is 0 Å². The van der Waals surface area contributed by atoms with Gasteiger partial charge in [-0.2, -0.15) is 0 Å². The molecule has 2 aromatic rings. The Morgan fingerprint density at radius 1 is 1.21 bits per heavy atom. The Hall–Kier alpha value is -3.35. The van der Waals surface area contributed by atoms with Crippen LogP contribution in [0.4, 0.5) is 4.39 Å². The highest BCUT2D eigenvalue weighted by Crippen LogP contribution is 2.29. The third-order valence-electron chi connectivity index (χ3n) is 8.78. The Morgan fingerprint density at radius 3 is 2.71 bits per heavy atom. The molecule has 1 aliphatic carbocycles. The number of aliphatic hydroxyl groups excluding tert-OH is 1. The number of hydrogen-bond acceptors (Lipinski definition) is 8. The molecule has 5 unspecified atom stereocenters. The second-order valence-corrected chi connectivity index (χ2v) is 11.8. The first-order valence-corrected chi connectivity index (χ1v) is 14.8. The number of nitrogens with one attached hydrogen (secondary N) is 1. The number of fused-ring (bicyclic) bond motifs is 1.